The van der Waals surface area contributed by atoms with Gasteiger partial charge in [-0.3, -0.25) is 9.69 Å². The number of likely N-dealkylation sites (N-methyl/N-ethyl adjacent to an activating group) is 1. The molecule has 0 spiro atoms. The second kappa shape index (κ2) is 9.02. The Morgan fingerprint density at radius 3 is 2.17 bits per heavy atom. The number of benzene rings is 2. The molecule has 1 amide bonds. The molecule has 0 radical (unpaired) electrons. The van der Waals surface area contributed by atoms with E-state index in [-0.39, 0.29) is 30.4 Å². The van der Waals surface area contributed by atoms with Gasteiger partial charge in [0, 0.05) is 32.7 Å². The lowest BCUT2D eigenvalue weighted by atomic mass is 10.1. The van der Waals surface area contributed by atoms with Crippen LogP contribution in [0.4, 0.5) is 4.39 Å². The van der Waals surface area contributed by atoms with Crippen molar-refractivity contribution < 1.29 is 17.6 Å². The Morgan fingerprint density at radius 1 is 1.00 bits per heavy atom. The summed E-state index contributed by atoms with van der Waals surface area (Å²) in [6.07, 6.45) is 0. The van der Waals surface area contributed by atoms with Crippen molar-refractivity contribution in [1.82, 2.24) is 14.1 Å². The lowest BCUT2D eigenvalue weighted by Gasteiger charge is -2.34. The molecule has 2 aromatic carbocycles. The molecule has 1 fully saturated rings. The summed E-state index contributed by atoms with van der Waals surface area (Å²) in [6, 6.07) is 13.0. The Kier molecular flexibility index (Phi) is 6.66. The third kappa shape index (κ3) is 5.41. The summed E-state index contributed by atoms with van der Waals surface area (Å²) < 4.78 is 39.8. The minimum Gasteiger partial charge on any atom is -0.339 e. The van der Waals surface area contributed by atoms with Crippen LogP contribution in [-0.2, 0) is 21.4 Å². The van der Waals surface area contributed by atoms with E-state index < -0.39 is 15.8 Å². The van der Waals surface area contributed by atoms with E-state index in [1.165, 1.54) is 22.0 Å². The van der Waals surface area contributed by atoms with Gasteiger partial charge in [0.15, 0.2) is 0 Å². The molecular formula is C21H26FN3O3S. The molecule has 6 nitrogen and oxygen atoms in total. The third-order valence-corrected chi connectivity index (χ3v) is 6.93. The maximum Gasteiger partial charge on any atom is 0.243 e. The summed E-state index contributed by atoms with van der Waals surface area (Å²) in [5.74, 6) is -0.493. The Labute approximate surface area is 171 Å². The molecule has 1 heterocycles. The molecule has 3 rings (SSSR count). The number of hydrogen-bond acceptors (Lipinski definition) is 4. The summed E-state index contributed by atoms with van der Waals surface area (Å²) in [5, 5.41) is 0. The summed E-state index contributed by atoms with van der Waals surface area (Å²) in [6.45, 7) is 4.13. The van der Waals surface area contributed by atoms with Gasteiger partial charge < -0.3 is 4.90 Å². The zero-order valence-electron chi connectivity index (χ0n) is 16.7. The summed E-state index contributed by atoms with van der Waals surface area (Å²) in [4.78, 5) is 16.3. The molecule has 0 bridgehead atoms. The summed E-state index contributed by atoms with van der Waals surface area (Å²) in [5.41, 5.74) is 2.34. The van der Waals surface area contributed by atoms with Gasteiger partial charge in [-0.1, -0.05) is 29.8 Å². The molecular weight excluding hydrogens is 393 g/mol. The predicted molar refractivity (Wildman–Crippen MR) is 109 cm³/mol. The first kappa shape index (κ1) is 21.4. The van der Waals surface area contributed by atoms with Crippen LogP contribution < -0.4 is 0 Å². The van der Waals surface area contributed by atoms with E-state index in [2.05, 4.69) is 12.1 Å². The van der Waals surface area contributed by atoms with Crippen molar-refractivity contribution in [2.75, 3.05) is 39.8 Å². The molecule has 0 unspecified atom stereocenters. The number of rotatable bonds is 6. The van der Waals surface area contributed by atoms with Crippen LogP contribution in [0.15, 0.2) is 53.4 Å². The molecule has 0 N–H and O–H groups in total. The average Bonchev–Trinajstić information content (AvgIpc) is 2.70. The number of aryl methyl sites for hydroxylation is 1. The van der Waals surface area contributed by atoms with Gasteiger partial charge in [-0.25, -0.2) is 12.8 Å². The minimum absolute atomic E-state index is 0.0153. The normalized spacial score (nSPS) is 15.7. The van der Waals surface area contributed by atoms with Crippen LogP contribution in [-0.4, -0.2) is 68.2 Å². The highest BCUT2D eigenvalue weighted by atomic mass is 32.2. The lowest BCUT2D eigenvalue weighted by molar-refractivity contribution is -0.133. The second-order valence-electron chi connectivity index (χ2n) is 7.40. The number of nitrogens with zero attached hydrogens (tertiary/aromatic N) is 3. The van der Waals surface area contributed by atoms with Crippen LogP contribution in [0.1, 0.15) is 11.1 Å². The SMILES string of the molecule is Cc1ccc(CN(C)CC(=O)N2CCN(S(=O)(=O)c3ccc(F)cc3)CC2)cc1. The quantitative estimate of drug-likeness (QED) is 0.720. The zero-order chi connectivity index (χ0) is 21.0. The fourth-order valence-corrected chi connectivity index (χ4v) is 4.75. The van der Waals surface area contributed by atoms with Gasteiger partial charge in [-0.15, -0.1) is 0 Å². The maximum atomic E-state index is 13.1. The number of carbonyl (C=O) groups excluding carboxylic acids is 1. The largest absolute Gasteiger partial charge is 0.339 e. The van der Waals surface area contributed by atoms with Gasteiger partial charge >= 0.3 is 0 Å². The predicted octanol–water partition coefficient (Wildman–Crippen LogP) is 2.10. The van der Waals surface area contributed by atoms with E-state index in [0.717, 1.165) is 17.7 Å². The van der Waals surface area contributed by atoms with Crippen molar-refractivity contribution in [3.8, 4) is 0 Å². The van der Waals surface area contributed by atoms with E-state index >= 15 is 0 Å². The highest BCUT2D eigenvalue weighted by molar-refractivity contribution is 7.89. The first-order valence-corrected chi connectivity index (χ1v) is 11.0. The number of hydrogen-bond donors (Lipinski definition) is 0. The molecule has 0 saturated carbocycles. The number of carbonyl (C=O) groups is 1. The third-order valence-electron chi connectivity index (χ3n) is 5.02. The number of halogens is 1. The van der Waals surface area contributed by atoms with E-state index in [9.17, 15) is 17.6 Å². The van der Waals surface area contributed by atoms with Crippen LogP contribution in [0.3, 0.4) is 0 Å². The van der Waals surface area contributed by atoms with Gasteiger partial charge in [-0.2, -0.15) is 4.31 Å². The average molecular weight is 420 g/mol. The van der Waals surface area contributed by atoms with Gasteiger partial charge in [0.1, 0.15) is 5.82 Å². The first-order valence-electron chi connectivity index (χ1n) is 9.53. The van der Waals surface area contributed by atoms with E-state index in [0.29, 0.717) is 19.6 Å². The molecule has 156 valence electrons. The molecule has 1 aliphatic heterocycles. The van der Waals surface area contributed by atoms with Crippen molar-refractivity contribution in [3.63, 3.8) is 0 Å². The highest BCUT2D eigenvalue weighted by Gasteiger charge is 2.30. The van der Waals surface area contributed by atoms with Crippen molar-refractivity contribution in [2.45, 2.75) is 18.4 Å². The van der Waals surface area contributed by atoms with Crippen LogP contribution in [0.2, 0.25) is 0 Å². The van der Waals surface area contributed by atoms with Crippen molar-refractivity contribution in [1.29, 1.82) is 0 Å². The van der Waals surface area contributed by atoms with Gasteiger partial charge in [0.25, 0.3) is 0 Å². The minimum atomic E-state index is -3.68. The van der Waals surface area contributed by atoms with E-state index in [4.69, 9.17) is 0 Å². The fraction of sp³-hybridized carbons (Fsp3) is 0.381. The molecule has 29 heavy (non-hydrogen) atoms. The van der Waals surface area contributed by atoms with Gasteiger partial charge in [0.2, 0.25) is 15.9 Å². The Hall–Kier alpha value is -2.29. The molecule has 1 saturated heterocycles. The molecule has 0 atom stereocenters. The van der Waals surface area contributed by atoms with Crippen LogP contribution in [0, 0.1) is 12.7 Å². The smallest absolute Gasteiger partial charge is 0.243 e. The summed E-state index contributed by atoms with van der Waals surface area (Å²) in [7, 11) is -1.78. The second-order valence-corrected chi connectivity index (χ2v) is 9.33. The Balaban J connectivity index is 1.52. The van der Waals surface area contributed by atoms with Gasteiger partial charge in [0.05, 0.1) is 11.4 Å². The summed E-state index contributed by atoms with van der Waals surface area (Å²) >= 11 is 0. The molecule has 0 aromatic heterocycles. The maximum absolute atomic E-state index is 13.1. The standard InChI is InChI=1S/C21H26FN3O3S/c1-17-3-5-18(6-4-17)15-23(2)16-21(26)24-11-13-25(14-12-24)29(27,28)20-9-7-19(22)8-10-20/h3-10H,11-16H2,1-2H3. The zero-order valence-corrected chi connectivity index (χ0v) is 17.5. The molecule has 2 aromatic rings. The van der Waals surface area contributed by atoms with Crippen molar-refractivity contribution in [2.24, 2.45) is 0 Å². The Morgan fingerprint density at radius 2 is 1.59 bits per heavy atom. The monoisotopic (exact) mass is 419 g/mol. The Bertz CT molecular complexity index is 938. The van der Waals surface area contributed by atoms with Crippen molar-refractivity contribution in [3.05, 3.63) is 65.5 Å². The number of amides is 1. The highest BCUT2D eigenvalue weighted by Crippen LogP contribution is 2.18. The molecule has 8 heteroatoms. The molecule has 1 aliphatic rings. The lowest BCUT2D eigenvalue weighted by Crippen LogP contribution is -2.52. The first-order chi connectivity index (χ1) is 13.8. The van der Waals surface area contributed by atoms with Crippen LogP contribution in [0.5, 0.6) is 0 Å². The number of piperazine rings is 1. The van der Waals surface area contributed by atoms with Crippen LogP contribution in [0.25, 0.3) is 0 Å². The van der Waals surface area contributed by atoms with Crippen LogP contribution >= 0.6 is 0 Å². The van der Waals surface area contributed by atoms with E-state index in [1.54, 1.807) is 4.90 Å². The fourth-order valence-electron chi connectivity index (χ4n) is 3.33. The van der Waals surface area contributed by atoms with Crippen molar-refractivity contribution >= 4 is 15.9 Å². The topological polar surface area (TPSA) is 60.9 Å². The molecule has 0 aliphatic carbocycles. The van der Waals surface area contributed by atoms with Gasteiger partial charge in [-0.05, 0) is 43.8 Å². The number of sulfonamides is 1. The van der Waals surface area contributed by atoms with E-state index in [1.807, 2.05) is 31.0 Å².